The summed E-state index contributed by atoms with van der Waals surface area (Å²) in [6, 6.07) is 6.52. The van der Waals surface area contributed by atoms with Crippen LogP contribution >= 0.6 is 0 Å². The molecule has 2 atom stereocenters. The van der Waals surface area contributed by atoms with Crippen molar-refractivity contribution in [2.24, 2.45) is 5.92 Å². The number of rotatable bonds is 8. The molecule has 4 N–H and O–H groups in total. The number of halogens is 1. The summed E-state index contributed by atoms with van der Waals surface area (Å²) in [4.78, 5) is 37.2. The molecule has 0 spiro atoms. The molecule has 8 nitrogen and oxygen atoms in total. The second-order valence-electron chi connectivity index (χ2n) is 7.73. The van der Waals surface area contributed by atoms with Gasteiger partial charge >= 0.3 is 0 Å². The number of carbonyl (C=O) groups is 3. The Morgan fingerprint density at radius 1 is 1.10 bits per heavy atom. The van der Waals surface area contributed by atoms with Gasteiger partial charge in [0.25, 0.3) is 0 Å². The highest BCUT2D eigenvalue weighted by Gasteiger charge is 2.26. The summed E-state index contributed by atoms with van der Waals surface area (Å²) in [6.45, 7) is 0.492. The number of fused-ring (bicyclic) bond motifs is 11. The van der Waals surface area contributed by atoms with Crippen LogP contribution in [-0.2, 0) is 20.8 Å². The number of hydroxylamine groups is 1. The van der Waals surface area contributed by atoms with Gasteiger partial charge in [-0.05, 0) is 43.4 Å². The lowest BCUT2D eigenvalue weighted by Gasteiger charge is -2.21. The monoisotopic (exact) mass is 437 g/mol. The van der Waals surface area contributed by atoms with Crippen molar-refractivity contribution in [1.29, 1.82) is 0 Å². The van der Waals surface area contributed by atoms with E-state index < -0.39 is 23.8 Å². The summed E-state index contributed by atoms with van der Waals surface area (Å²) in [5, 5.41) is 14.5. The van der Waals surface area contributed by atoms with Gasteiger partial charge in [-0.15, -0.1) is 0 Å². The molecule has 0 unspecified atom stereocenters. The highest BCUT2D eigenvalue weighted by atomic mass is 19.1. The SMILES string of the molecule is O=C1C[C@@H](C(=O)NO)CCCOc2ccc(cc2)C[C@@H](C(=O)NCCCCCCF)N1. The second-order valence-corrected chi connectivity index (χ2v) is 7.73. The lowest BCUT2D eigenvalue weighted by molar-refractivity contribution is -0.137. The van der Waals surface area contributed by atoms with E-state index in [4.69, 9.17) is 9.94 Å². The van der Waals surface area contributed by atoms with Crippen molar-refractivity contribution in [3.8, 4) is 5.75 Å². The number of nitrogens with one attached hydrogen (secondary N) is 3. The van der Waals surface area contributed by atoms with E-state index in [2.05, 4.69) is 10.6 Å². The molecule has 0 aliphatic carbocycles. The van der Waals surface area contributed by atoms with E-state index in [1.165, 1.54) is 0 Å². The molecule has 0 radical (unpaired) electrons. The van der Waals surface area contributed by atoms with Crippen LogP contribution in [0.5, 0.6) is 5.75 Å². The van der Waals surface area contributed by atoms with E-state index in [1.807, 2.05) is 12.1 Å². The predicted octanol–water partition coefficient (Wildman–Crippen LogP) is 2.04. The molecule has 0 aromatic heterocycles. The van der Waals surface area contributed by atoms with Crippen molar-refractivity contribution in [2.75, 3.05) is 19.8 Å². The largest absolute Gasteiger partial charge is 0.494 e. The van der Waals surface area contributed by atoms with Crippen LogP contribution < -0.4 is 20.9 Å². The molecule has 2 aliphatic heterocycles. The van der Waals surface area contributed by atoms with Crippen molar-refractivity contribution < 1.29 is 28.7 Å². The molecule has 0 fully saturated rings. The number of hydrogen-bond acceptors (Lipinski definition) is 5. The summed E-state index contributed by atoms with van der Waals surface area (Å²) >= 11 is 0. The Hall–Kier alpha value is -2.68. The average molecular weight is 438 g/mol. The normalized spacial score (nSPS) is 19.6. The van der Waals surface area contributed by atoms with Gasteiger partial charge in [0.15, 0.2) is 0 Å². The average Bonchev–Trinajstić information content (AvgIpc) is 2.77. The van der Waals surface area contributed by atoms with Crippen LogP contribution in [0.2, 0.25) is 0 Å². The van der Waals surface area contributed by atoms with E-state index in [0.717, 1.165) is 24.8 Å². The Morgan fingerprint density at radius 3 is 2.55 bits per heavy atom. The van der Waals surface area contributed by atoms with Crippen LogP contribution in [0, 0.1) is 5.92 Å². The zero-order valence-corrected chi connectivity index (χ0v) is 17.7. The molecule has 2 aliphatic rings. The molecular weight excluding hydrogens is 405 g/mol. The fraction of sp³-hybridized carbons (Fsp3) is 0.591. The molecular formula is C22H32FN3O5. The molecule has 1 aromatic rings. The summed E-state index contributed by atoms with van der Waals surface area (Å²) in [7, 11) is 0. The second kappa shape index (κ2) is 13.6. The van der Waals surface area contributed by atoms with Gasteiger partial charge in [0.2, 0.25) is 17.7 Å². The molecule has 0 saturated carbocycles. The lowest BCUT2D eigenvalue weighted by Crippen LogP contribution is -2.49. The number of unbranched alkanes of at least 4 members (excludes halogenated alkanes) is 3. The minimum absolute atomic E-state index is 0.142. The first kappa shape index (κ1) is 24.6. The van der Waals surface area contributed by atoms with E-state index in [9.17, 15) is 18.8 Å². The molecule has 9 heteroatoms. The first-order valence-corrected chi connectivity index (χ1v) is 10.8. The molecule has 172 valence electrons. The molecule has 31 heavy (non-hydrogen) atoms. The molecule has 1 aromatic carbocycles. The Morgan fingerprint density at radius 2 is 1.84 bits per heavy atom. The zero-order valence-electron chi connectivity index (χ0n) is 17.7. The van der Waals surface area contributed by atoms with Crippen LogP contribution in [0.1, 0.15) is 50.5 Å². The van der Waals surface area contributed by atoms with Crippen molar-refractivity contribution in [3.63, 3.8) is 0 Å². The Bertz CT molecular complexity index is 714. The van der Waals surface area contributed by atoms with Gasteiger partial charge in [-0.25, -0.2) is 5.48 Å². The van der Waals surface area contributed by atoms with Gasteiger partial charge in [-0.3, -0.25) is 24.0 Å². The highest BCUT2D eigenvalue weighted by molar-refractivity contribution is 5.90. The lowest BCUT2D eigenvalue weighted by atomic mass is 9.97. The van der Waals surface area contributed by atoms with Crippen LogP contribution in [0.3, 0.4) is 0 Å². The van der Waals surface area contributed by atoms with Crippen LogP contribution in [0.4, 0.5) is 4.39 Å². The van der Waals surface area contributed by atoms with Crippen LogP contribution in [0.15, 0.2) is 24.3 Å². The van der Waals surface area contributed by atoms with E-state index in [0.29, 0.717) is 38.2 Å². The smallest absolute Gasteiger partial charge is 0.246 e. The fourth-order valence-corrected chi connectivity index (χ4v) is 3.49. The number of hydrogen-bond donors (Lipinski definition) is 4. The fourth-order valence-electron chi connectivity index (χ4n) is 3.49. The van der Waals surface area contributed by atoms with E-state index in [1.54, 1.807) is 17.6 Å². The van der Waals surface area contributed by atoms with Crippen LogP contribution in [-0.4, -0.2) is 48.8 Å². The van der Waals surface area contributed by atoms with Gasteiger partial charge in [0.05, 0.1) is 13.3 Å². The molecule has 2 bridgehead atoms. The molecule has 3 rings (SSSR count). The summed E-state index contributed by atoms with van der Waals surface area (Å²) in [6.07, 6.45) is 3.88. The number of ether oxygens (including phenoxy) is 1. The minimum Gasteiger partial charge on any atom is -0.494 e. The van der Waals surface area contributed by atoms with Crippen molar-refractivity contribution >= 4 is 17.7 Å². The highest BCUT2D eigenvalue weighted by Crippen LogP contribution is 2.17. The topological polar surface area (TPSA) is 117 Å². The Kier molecular flexibility index (Phi) is 10.8. The maximum absolute atomic E-state index is 12.7. The quantitative estimate of drug-likeness (QED) is 0.282. The van der Waals surface area contributed by atoms with Crippen LogP contribution in [0.25, 0.3) is 0 Å². The van der Waals surface area contributed by atoms with Gasteiger partial charge < -0.3 is 15.4 Å². The predicted molar refractivity (Wildman–Crippen MR) is 112 cm³/mol. The third-order valence-corrected chi connectivity index (χ3v) is 5.25. The maximum atomic E-state index is 12.7. The van der Waals surface area contributed by atoms with Crippen molar-refractivity contribution in [2.45, 2.75) is 57.4 Å². The maximum Gasteiger partial charge on any atom is 0.246 e. The number of amides is 3. The third-order valence-electron chi connectivity index (χ3n) is 5.25. The first-order valence-electron chi connectivity index (χ1n) is 10.8. The molecule has 2 heterocycles. The van der Waals surface area contributed by atoms with Gasteiger partial charge in [0, 0.05) is 25.3 Å². The summed E-state index contributed by atoms with van der Waals surface area (Å²) in [5.41, 5.74) is 2.46. The standard InChI is InChI=1S/C22H32FN3O5/c23-11-3-1-2-4-12-24-22(29)19-14-16-7-9-18(10-8-16)31-13-5-6-17(21(28)26-30)15-20(27)25-19/h7-10,17,19,30H,1-6,11-15H2,(H,24,29)(H,25,27)(H,26,28)/t17-,19-/m0/s1. The summed E-state index contributed by atoms with van der Waals surface area (Å²) in [5.74, 6) is -1.43. The van der Waals surface area contributed by atoms with Gasteiger partial charge in [-0.2, -0.15) is 0 Å². The number of benzene rings is 1. The van der Waals surface area contributed by atoms with E-state index in [-0.39, 0.29) is 25.4 Å². The number of carbonyl (C=O) groups excluding carboxylic acids is 3. The minimum atomic E-state index is -0.800. The Balaban J connectivity index is 2.06. The molecule has 0 saturated heterocycles. The van der Waals surface area contributed by atoms with Gasteiger partial charge in [-0.1, -0.05) is 25.0 Å². The number of alkyl halides is 1. The third kappa shape index (κ3) is 8.92. The zero-order chi connectivity index (χ0) is 22.5. The molecule has 3 amide bonds. The van der Waals surface area contributed by atoms with Crippen molar-refractivity contribution in [1.82, 2.24) is 16.1 Å². The van der Waals surface area contributed by atoms with Gasteiger partial charge in [0.1, 0.15) is 11.8 Å². The summed E-state index contributed by atoms with van der Waals surface area (Å²) < 4.78 is 17.8. The first-order chi connectivity index (χ1) is 15.0. The Labute approximate surface area is 181 Å². The van der Waals surface area contributed by atoms with E-state index >= 15 is 0 Å². The van der Waals surface area contributed by atoms with Crippen molar-refractivity contribution in [3.05, 3.63) is 29.8 Å².